The van der Waals surface area contributed by atoms with Crippen LogP contribution in [0.3, 0.4) is 0 Å². The molecule has 0 aromatic heterocycles. The van der Waals surface area contributed by atoms with Gasteiger partial charge in [0.25, 0.3) is 0 Å². The maximum absolute atomic E-state index is 12.7. The molecule has 0 amide bonds. The van der Waals surface area contributed by atoms with Gasteiger partial charge in [-0.25, -0.2) is 0 Å². The molecule has 2 nitrogen and oxygen atoms in total. The van der Waals surface area contributed by atoms with E-state index in [-0.39, 0.29) is 5.56 Å². The van der Waals surface area contributed by atoms with E-state index in [9.17, 15) is 13.2 Å². The number of hydrogen-bond donors (Lipinski definition) is 1. The molecule has 0 aliphatic heterocycles. The summed E-state index contributed by atoms with van der Waals surface area (Å²) >= 11 is 0. The van der Waals surface area contributed by atoms with Gasteiger partial charge >= 0.3 is 6.18 Å². The van der Waals surface area contributed by atoms with Crippen LogP contribution < -0.4 is 5.32 Å². The molecule has 0 radical (unpaired) electrons. The molecular weight excluding hydrogens is 229 g/mol. The normalized spacial score (nSPS) is 13.1. The zero-order valence-corrected chi connectivity index (χ0v) is 9.38. The molecule has 1 atom stereocenters. The lowest BCUT2D eigenvalue weighted by Gasteiger charge is -2.17. The molecule has 92 valence electrons. The number of nitrogens with zero attached hydrogens (tertiary/aromatic N) is 1. The fraction of sp³-hybridized carbons (Fsp3) is 0.417. The number of hydrogen-bond acceptors (Lipinski definition) is 2. The minimum Gasteiger partial charge on any atom is -0.298 e. The van der Waals surface area contributed by atoms with Crippen LogP contribution in [0.5, 0.6) is 0 Å². The highest BCUT2D eigenvalue weighted by Crippen LogP contribution is 2.34. The molecule has 1 unspecified atom stereocenters. The van der Waals surface area contributed by atoms with Gasteiger partial charge in [-0.3, -0.25) is 5.32 Å². The largest absolute Gasteiger partial charge is 0.416 e. The zero-order valence-electron chi connectivity index (χ0n) is 9.38. The molecule has 0 spiro atoms. The van der Waals surface area contributed by atoms with Gasteiger partial charge in [0.1, 0.15) is 6.04 Å². The Labute approximate surface area is 98.1 Å². The third-order valence-electron chi connectivity index (χ3n) is 2.30. The lowest BCUT2D eigenvalue weighted by atomic mass is 10.0. The fourth-order valence-corrected chi connectivity index (χ4v) is 1.52. The summed E-state index contributed by atoms with van der Waals surface area (Å²) in [4.78, 5) is 0. The highest BCUT2D eigenvalue weighted by molar-refractivity contribution is 5.35. The van der Waals surface area contributed by atoms with Gasteiger partial charge in [0.15, 0.2) is 0 Å². The number of nitrogens with one attached hydrogen (secondary N) is 1. The first-order valence-corrected chi connectivity index (χ1v) is 5.29. The lowest BCUT2D eigenvalue weighted by molar-refractivity contribution is -0.138. The summed E-state index contributed by atoms with van der Waals surface area (Å²) in [5.74, 6) is 0. The molecule has 17 heavy (non-hydrogen) atoms. The summed E-state index contributed by atoms with van der Waals surface area (Å²) in [6.45, 7) is 2.39. The van der Waals surface area contributed by atoms with Gasteiger partial charge in [0, 0.05) is 0 Å². The highest BCUT2D eigenvalue weighted by atomic mass is 19.4. The Kier molecular flexibility index (Phi) is 4.53. The van der Waals surface area contributed by atoms with Crippen LogP contribution in [0, 0.1) is 11.3 Å². The van der Waals surface area contributed by atoms with Crippen molar-refractivity contribution in [3.05, 3.63) is 35.4 Å². The summed E-state index contributed by atoms with van der Waals surface area (Å²) in [5, 5.41) is 11.7. The molecule has 0 aliphatic carbocycles. The van der Waals surface area contributed by atoms with Crippen LogP contribution in [0.2, 0.25) is 0 Å². The van der Waals surface area contributed by atoms with Gasteiger partial charge in [-0.05, 0) is 24.6 Å². The molecule has 0 heterocycles. The lowest BCUT2D eigenvalue weighted by Crippen LogP contribution is -2.23. The maximum atomic E-state index is 12.7. The number of benzene rings is 1. The van der Waals surface area contributed by atoms with Crippen molar-refractivity contribution < 1.29 is 13.2 Å². The van der Waals surface area contributed by atoms with Gasteiger partial charge < -0.3 is 0 Å². The van der Waals surface area contributed by atoms with Crippen molar-refractivity contribution in [2.45, 2.75) is 25.6 Å². The number of rotatable bonds is 4. The highest BCUT2D eigenvalue weighted by Gasteiger charge is 2.34. The Balaban J connectivity index is 3.08. The second-order valence-corrected chi connectivity index (χ2v) is 3.60. The summed E-state index contributed by atoms with van der Waals surface area (Å²) in [5.41, 5.74) is -0.772. The van der Waals surface area contributed by atoms with E-state index in [0.717, 1.165) is 12.5 Å². The van der Waals surface area contributed by atoms with E-state index in [0.29, 0.717) is 6.54 Å². The minimum absolute atomic E-state index is 0.0176. The second-order valence-electron chi connectivity index (χ2n) is 3.60. The Morgan fingerprint density at radius 3 is 2.53 bits per heavy atom. The molecule has 1 aromatic carbocycles. The Morgan fingerprint density at radius 1 is 1.35 bits per heavy atom. The number of nitriles is 1. The SMILES string of the molecule is CCCNC(C#N)c1ccccc1C(F)(F)F. The smallest absolute Gasteiger partial charge is 0.298 e. The molecule has 0 bridgehead atoms. The molecule has 0 saturated heterocycles. The van der Waals surface area contributed by atoms with E-state index in [4.69, 9.17) is 5.26 Å². The number of halogens is 3. The van der Waals surface area contributed by atoms with Gasteiger partial charge in [-0.15, -0.1) is 0 Å². The van der Waals surface area contributed by atoms with Crippen molar-refractivity contribution in [3.63, 3.8) is 0 Å². The second kappa shape index (κ2) is 5.69. The first kappa shape index (κ1) is 13.5. The average Bonchev–Trinajstić information content (AvgIpc) is 2.29. The van der Waals surface area contributed by atoms with E-state index in [1.807, 2.05) is 13.0 Å². The molecule has 5 heteroatoms. The van der Waals surface area contributed by atoms with Crippen LogP contribution in [-0.4, -0.2) is 6.54 Å². The molecule has 1 N–H and O–H groups in total. The summed E-state index contributed by atoms with van der Waals surface area (Å²) in [7, 11) is 0. The van der Waals surface area contributed by atoms with Gasteiger partial charge in [-0.2, -0.15) is 18.4 Å². The number of alkyl halides is 3. The molecule has 0 fully saturated rings. The van der Waals surface area contributed by atoms with Crippen molar-refractivity contribution in [1.82, 2.24) is 5.32 Å². The summed E-state index contributed by atoms with van der Waals surface area (Å²) < 4.78 is 38.2. The third-order valence-corrected chi connectivity index (χ3v) is 2.30. The Morgan fingerprint density at radius 2 is 2.00 bits per heavy atom. The zero-order chi connectivity index (χ0) is 12.9. The van der Waals surface area contributed by atoms with Crippen LogP contribution in [0.4, 0.5) is 13.2 Å². The van der Waals surface area contributed by atoms with Crippen molar-refractivity contribution >= 4 is 0 Å². The topological polar surface area (TPSA) is 35.8 Å². The van der Waals surface area contributed by atoms with Crippen LogP contribution in [0.25, 0.3) is 0 Å². The van der Waals surface area contributed by atoms with Gasteiger partial charge in [0.05, 0.1) is 11.6 Å². The van der Waals surface area contributed by atoms with E-state index in [2.05, 4.69) is 5.32 Å². The van der Waals surface area contributed by atoms with E-state index < -0.39 is 17.8 Å². The molecule has 1 aromatic rings. The van der Waals surface area contributed by atoms with Crippen molar-refractivity contribution in [3.8, 4) is 6.07 Å². The standard InChI is InChI=1S/C12H13F3N2/c1-2-7-17-11(8-16)9-5-3-4-6-10(9)12(13,14)15/h3-6,11,17H,2,7H2,1H3. The van der Waals surface area contributed by atoms with Crippen molar-refractivity contribution in [2.75, 3.05) is 6.54 Å². The first-order chi connectivity index (χ1) is 8.00. The average molecular weight is 242 g/mol. The van der Waals surface area contributed by atoms with Crippen LogP contribution in [0.15, 0.2) is 24.3 Å². The third kappa shape index (κ3) is 3.46. The van der Waals surface area contributed by atoms with Gasteiger partial charge in [-0.1, -0.05) is 25.1 Å². The fourth-order valence-electron chi connectivity index (χ4n) is 1.52. The quantitative estimate of drug-likeness (QED) is 0.879. The van der Waals surface area contributed by atoms with Crippen LogP contribution >= 0.6 is 0 Å². The van der Waals surface area contributed by atoms with Crippen molar-refractivity contribution in [2.24, 2.45) is 0 Å². The van der Waals surface area contributed by atoms with Gasteiger partial charge in [0.2, 0.25) is 0 Å². The van der Waals surface area contributed by atoms with E-state index in [1.54, 1.807) is 0 Å². The molecule has 0 saturated carbocycles. The molecule has 0 aliphatic rings. The summed E-state index contributed by atoms with van der Waals surface area (Å²) in [6, 6.07) is 6.08. The summed E-state index contributed by atoms with van der Waals surface area (Å²) in [6.07, 6.45) is -3.67. The van der Waals surface area contributed by atoms with Crippen LogP contribution in [0.1, 0.15) is 30.5 Å². The minimum atomic E-state index is -4.43. The predicted octanol–water partition coefficient (Wildman–Crippen LogP) is 3.27. The maximum Gasteiger partial charge on any atom is 0.416 e. The van der Waals surface area contributed by atoms with E-state index >= 15 is 0 Å². The monoisotopic (exact) mass is 242 g/mol. The molecular formula is C12H13F3N2. The van der Waals surface area contributed by atoms with Crippen molar-refractivity contribution in [1.29, 1.82) is 5.26 Å². The van der Waals surface area contributed by atoms with Crippen LogP contribution in [-0.2, 0) is 6.18 Å². The Bertz CT molecular complexity index is 407. The van der Waals surface area contributed by atoms with E-state index in [1.165, 1.54) is 18.2 Å². The predicted molar refractivity (Wildman–Crippen MR) is 58.1 cm³/mol. The first-order valence-electron chi connectivity index (χ1n) is 5.29. The molecule has 1 rings (SSSR count). The Hall–Kier alpha value is -1.54.